The first-order valence-corrected chi connectivity index (χ1v) is 6.70. The van der Waals surface area contributed by atoms with E-state index in [0.29, 0.717) is 0 Å². The summed E-state index contributed by atoms with van der Waals surface area (Å²) in [7, 11) is 1.17. The van der Waals surface area contributed by atoms with Gasteiger partial charge in [0.15, 0.2) is 0 Å². The predicted molar refractivity (Wildman–Crippen MR) is 74.2 cm³/mol. The van der Waals surface area contributed by atoms with E-state index in [1.807, 2.05) is 0 Å². The summed E-state index contributed by atoms with van der Waals surface area (Å²) in [5, 5.41) is 11.2. The number of halogens is 2. The Morgan fingerprint density at radius 1 is 1.43 bits per heavy atom. The molecule has 1 aromatic rings. The number of carboxylic acids is 1. The predicted octanol–water partition coefficient (Wildman–Crippen LogP) is 1.72. The highest BCUT2D eigenvalue weighted by molar-refractivity contribution is 9.10. The summed E-state index contributed by atoms with van der Waals surface area (Å²) >= 11 is 3.03. The number of carbonyl (C=O) groups is 3. The third kappa shape index (κ3) is 4.82. The van der Waals surface area contributed by atoms with Crippen LogP contribution in [0.5, 0.6) is 0 Å². The Morgan fingerprint density at radius 2 is 2.10 bits per heavy atom. The van der Waals surface area contributed by atoms with Gasteiger partial charge in [-0.3, -0.25) is 9.59 Å². The lowest BCUT2D eigenvalue weighted by molar-refractivity contribution is -0.142. The molecule has 0 spiro atoms. The molecule has 0 fully saturated rings. The number of rotatable bonds is 6. The number of nitrogens with one attached hydrogen (secondary N) is 1. The van der Waals surface area contributed by atoms with Crippen molar-refractivity contribution in [3.8, 4) is 0 Å². The zero-order valence-electron chi connectivity index (χ0n) is 11.1. The van der Waals surface area contributed by atoms with Crippen LogP contribution in [0.25, 0.3) is 0 Å². The summed E-state index contributed by atoms with van der Waals surface area (Å²) in [4.78, 5) is 34.0. The van der Waals surface area contributed by atoms with Gasteiger partial charge in [0, 0.05) is 10.9 Å². The van der Waals surface area contributed by atoms with Crippen LogP contribution in [0.4, 0.5) is 4.39 Å². The molecule has 0 unspecified atom stereocenters. The molecule has 0 aliphatic heterocycles. The fraction of sp³-hybridized carbons (Fsp3) is 0.308. The zero-order chi connectivity index (χ0) is 16.0. The van der Waals surface area contributed by atoms with Crippen LogP contribution in [0.2, 0.25) is 0 Å². The summed E-state index contributed by atoms with van der Waals surface area (Å²) in [6.45, 7) is 0. The second kappa shape index (κ2) is 7.72. The molecular formula is C13H13BrFNO5. The lowest BCUT2D eigenvalue weighted by atomic mass is 10.1. The van der Waals surface area contributed by atoms with Gasteiger partial charge in [-0.1, -0.05) is 6.07 Å². The molecule has 2 N–H and O–H groups in total. The molecule has 1 amide bonds. The van der Waals surface area contributed by atoms with E-state index in [4.69, 9.17) is 5.11 Å². The van der Waals surface area contributed by atoms with Crippen LogP contribution in [0.1, 0.15) is 23.2 Å². The molecule has 0 radical (unpaired) electrons. The Morgan fingerprint density at radius 3 is 2.62 bits per heavy atom. The molecule has 6 nitrogen and oxygen atoms in total. The molecule has 114 valence electrons. The minimum atomic E-state index is -1.32. The Kier molecular flexibility index (Phi) is 6.29. The number of aliphatic carboxylic acids is 1. The minimum Gasteiger partial charge on any atom is -0.480 e. The average Bonchev–Trinajstić information content (AvgIpc) is 2.42. The van der Waals surface area contributed by atoms with E-state index < -0.39 is 29.7 Å². The summed E-state index contributed by atoms with van der Waals surface area (Å²) in [6.07, 6.45) is -0.327. The first kappa shape index (κ1) is 17.1. The van der Waals surface area contributed by atoms with Crippen molar-refractivity contribution < 1.29 is 28.6 Å². The number of methoxy groups -OCH3 is 1. The Hall–Kier alpha value is -1.96. The largest absolute Gasteiger partial charge is 0.480 e. The standard InChI is InChI=1S/C13H13BrFNO5/c1-21-10(17)6-5-9(13(19)20)16-12(18)11-7(14)3-2-4-8(11)15/h2-4,9H,5-6H2,1H3,(H,16,18)(H,19,20)/t9-/m1/s1. The maximum atomic E-state index is 13.6. The Balaban J connectivity index is 2.82. The van der Waals surface area contributed by atoms with E-state index in [1.165, 1.54) is 19.2 Å². The van der Waals surface area contributed by atoms with Crippen LogP contribution in [-0.4, -0.2) is 36.1 Å². The topological polar surface area (TPSA) is 92.7 Å². The van der Waals surface area contributed by atoms with E-state index in [-0.39, 0.29) is 22.9 Å². The molecule has 0 saturated heterocycles. The highest BCUT2D eigenvalue weighted by Crippen LogP contribution is 2.19. The van der Waals surface area contributed by atoms with Gasteiger partial charge in [-0.2, -0.15) is 0 Å². The molecule has 0 bridgehead atoms. The van der Waals surface area contributed by atoms with E-state index in [1.54, 1.807) is 0 Å². The Labute approximate surface area is 128 Å². The third-order valence-electron chi connectivity index (χ3n) is 2.66. The van der Waals surface area contributed by atoms with Gasteiger partial charge in [0.2, 0.25) is 0 Å². The second-order valence-electron chi connectivity index (χ2n) is 4.08. The molecule has 0 saturated carbocycles. The van der Waals surface area contributed by atoms with Crippen molar-refractivity contribution in [3.05, 3.63) is 34.1 Å². The third-order valence-corrected chi connectivity index (χ3v) is 3.32. The van der Waals surface area contributed by atoms with Crippen molar-refractivity contribution >= 4 is 33.8 Å². The molecular weight excluding hydrogens is 349 g/mol. The van der Waals surface area contributed by atoms with Crippen LogP contribution in [0.15, 0.2) is 22.7 Å². The van der Waals surface area contributed by atoms with Crippen molar-refractivity contribution in [2.45, 2.75) is 18.9 Å². The van der Waals surface area contributed by atoms with Crippen LogP contribution in [0, 0.1) is 5.82 Å². The van der Waals surface area contributed by atoms with Gasteiger partial charge >= 0.3 is 11.9 Å². The van der Waals surface area contributed by atoms with Gasteiger partial charge in [0.25, 0.3) is 5.91 Å². The van der Waals surface area contributed by atoms with E-state index in [2.05, 4.69) is 26.0 Å². The van der Waals surface area contributed by atoms with Gasteiger partial charge in [0.1, 0.15) is 11.9 Å². The minimum absolute atomic E-state index is 0.153. The molecule has 0 aromatic heterocycles. The van der Waals surface area contributed by atoms with Crippen molar-refractivity contribution in [1.29, 1.82) is 0 Å². The van der Waals surface area contributed by atoms with Gasteiger partial charge in [-0.05, 0) is 34.5 Å². The van der Waals surface area contributed by atoms with Crippen LogP contribution >= 0.6 is 15.9 Å². The second-order valence-corrected chi connectivity index (χ2v) is 4.93. The van der Waals surface area contributed by atoms with Crippen LogP contribution < -0.4 is 5.32 Å². The van der Waals surface area contributed by atoms with Crippen molar-refractivity contribution in [3.63, 3.8) is 0 Å². The highest BCUT2D eigenvalue weighted by Gasteiger charge is 2.24. The number of benzene rings is 1. The van der Waals surface area contributed by atoms with Crippen LogP contribution in [0.3, 0.4) is 0 Å². The number of carboxylic acid groups (broad SMARTS) is 1. The fourth-order valence-corrected chi connectivity index (χ4v) is 2.09. The van der Waals surface area contributed by atoms with Crippen molar-refractivity contribution in [2.24, 2.45) is 0 Å². The monoisotopic (exact) mass is 361 g/mol. The van der Waals surface area contributed by atoms with E-state index >= 15 is 0 Å². The first-order valence-electron chi connectivity index (χ1n) is 5.91. The molecule has 0 aliphatic carbocycles. The molecule has 0 aliphatic rings. The number of carbonyl (C=O) groups excluding carboxylic acids is 2. The maximum absolute atomic E-state index is 13.6. The molecule has 1 atom stereocenters. The molecule has 21 heavy (non-hydrogen) atoms. The van der Waals surface area contributed by atoms with Gasteiger partial charge < -0.3 is 15.2 Å². The summed E-state index contributed by atoms with van der Waals surface area (Å²) in [5.74, 6) is -3.57. The van der Waals surface area contributed by atoms with Crippen molar-refractivity contribution in [1.82, 2.24) is 5.32 Å². The zero-order valence-corrected chi connectivity index (χ0v) is 12.6. The number of hydrogen-bond donors (Lipinski definition) is 2. The SMILES string of the molecule is COC(=O)CC[C@@H](NC(=O)c1c(F)cccc1Br)C(=O)O. The normalized spacial score (nSPS) is 11.6. The molecule has 1 aromatic carbocycles. The number of amides is 1. The number of ether oxygens (including phenoxy) is 1. The first-order chi connectivity index (χ1) is 9.86. The number of hydrogen-bond acceptors (Lipinski definition) is 4. The van der Waals surface area contributed by atoms with Gasteiger partial charge in [-0.25, -0.2) is 9.18 Å². The summed E-state index contributed by atoms with van der Waals surface area (Å²) in [5.41, 5.74) is -0.290. The van der Waals surface area contributed by atoms with E-state index in [0.717, 1.165) is 6.07 Å². The number of esters is 1. The summed E-state index contributed by atoms with van der Waals surface area (Å²) < 4.78 is 18.2. The highest BCUT2D eigenvalue weighted by atomic mass is 79.9. The molecule has 1 rings (SSSR count). The molecule has 0 heterocycles. The summed E-state index contributed by atoms with van der Waals surface area (Å²) in [6, 6.07) is 2.64. The molecule has 8 heteroatoms. The van der Waals surface area contributed by atoms with Crippen LogP contribution in [-0.2, 0) is 14.3 Å². The quantitative estimate of drug-likeness (QED) is 0.752. The van der Waals surface area contributed by atoms with Gasteiger partial charge in [0.05, 0.1) is 12.7 Å². The van der Waals surface area contributed by atoms with Gasteiger partial charge in [-0.15, -0.1) is 0 Å². The van der Waals surface area contributed by atoms with Crippen molar-refractivity contribution in [2.75, 3.05) is 7.11 Å². The van der Waals surface area contributed by atoms with E-state index in [9.17, 15) is 18.8 Å². The smallest absolute Gasteiger partial charge is 0.326 e. The lowest BCUT2D eigenvalue weighted by Gasteiger charge is -2.15. The fourth-order valence-electron chi connectivity index (χ4n) is 1.57. The lowest BCUT2D eigenvalue weighted by Crippen LogP contribution is -2.41. The Bertz CT molecular complexity index is 543. The average molecular weight is 362 g/mol. The maximum Gasteiger partial charge on any atom is 0.326 e.